The first-order chi connectivity index (χ1) is 19.9. The van der Waals surface area contributed by atoms with Gasteiger partial charge in [0.2, 0.25) is 0 Å². The Bertz CT molecular complexity index is 2430. The number of fused-ring (bicyclic) bond motifs is 11. The van der Waals surface area contributed by atoms with Crippen molar-refractivity contribution in [2.45, 2.75) is 0 Å². The van der Waals surface area contributed by atoms with E-state index in [4.69, 9.17) is 15.0 Å². The summed E-state index contributed by atoms with van der Waals surface area (Å²) < 4.78 is 4.55. The van der Waals surface area contributed by atoms with Gasteiger partial charge < -0.3 is 0 Å². The van der Waals surface area contributed by atoms with Gasteiger partial charge in [-0.2, -0.15) is 0 Å². The first-order valence-electron chi connectivity index (χ1n) is 13.4. The molecule has 5 heteroatoms. The average molecular weight is 512 g/mol. The second-order valence-corrected chi connectivity index (χ2v) is 10.1. The fraction of sp³-hybridized carbons (Fsp3) is 0. The lowest BCUT2D eigenvalue weighted by Gasteiger charge is -2.11. The minimum Gasteiger partial charge on any atom is -0.289 e. The minimum absolute atomic E-state index is 0.694. The van der Waals surface area contributed by atoms with E-state index in [0.29, 0.717) is 5.82 Å². The molecule has 186 valence electrons. The van der Waals surface area contributed by atoms with E-state index in [-0.39, 0.29) is 0 Å². The number of para-hydroxylation sites is 3. The maximum Gasteiger partial charge on any atom is 0.166 e. The van der Waals surface area contributed by atoms with E-state index < -0.39 is 0 Å². The van der Waals surface area contributed by atoms with E-state index in [1.54, 1.807) is 0 Å². The van der Waals surface area contributed by atoms with Gasteiger partial charge in [0, 0.05) is 27.1 Å². The summed E-state index contributed by atoms with van der Waals surface area (Å²) in [6.45, 7) is 0. The minimum atomic E-state index is 0.694. The van der Waals surface area contributed by atoms with Crippen LogP contribution in [-0.4, -0.2) is 23.9 Å². The second kappa shape index (κ2) is 7.98. The molecule has 40 heavy (non-hydrogen) atoms. The molecule has 0 aliphatic carbocycles. The molecule has 4 aromatic heterocycles. The lowest BCUT2D eigenvalue weighted by Crippen LogP contribution is -2.03. The van der Waals surface area contributed by atoms with Crippen molar-refractivity contribution in [3.63, 3.8) is 0 Å². The first kappa shape index (κ1) is 21.4. The molecule has 9 rings (SSSR count). The molecule has 0 amide bonds. The van der Waals surface area contributed by atoms with E-state index in [9.17, 15) is 0 Å². The van der Waals surface area contributed by atoms with Crippen LogP contribution in [0.2, 0.25) is 0 Å². The van der Waals surface area contributed by atoms with Crippen LogP contribution in [0.1, 0.15) is 0 Å². The Morgan fingerprint density at radius 2 is 1.05 bits per heavy atom. The predicted molar refractivity (Wildman–Crippen MR) is 163 cm³/mol. The summed E-state index contributed by atoms with van der Waals surface area (Å²) in [5.74, 6) is 1.52. The maximum atomic E-state index is 5.38. The van der Waals surface area contributed by atoms with Crippen LogP contribution in [0.3, 0.4) is 0 Å². The van der Waals surface area contributed by atoms with Crippen LogP contribution in [0.4, 0.5) is 0 Å². The molecule has 0 aliphatic rings. The van der Waals surface area contributed by atoms with Gasteiger partial charge >= 0.3 is 0 Å². The number of aromatic nitrogens is 5. The molecule has 0 unspecified atom stereocenters. The Kier molecular flexibility index (Phi) is 4.27. The summed E-state index contributed by atoms with van der Waals surface area (Å²) in [6.07, 6.45) is 0. The average Bonchev–Trinajstić information content (AvgIpc) is 3.56. The summed E-state index contributed by atoms with van der Waals surface area (Å²) in [4.78, 5) is 15.5. The highest BCUT2D eigenvalue weighted by Crippen LogP contribution is 2.38. The quantitative estimate of drug-likeness (QED) is 0.219. The predicted octanol–water partition coefficient (Wildman–Crippen LogP) is 8.35. The van der Waals surface area contributed by atoms with Crippen LogP contribution in [0.25, 0.3) is 77.5 Å². The Morgan fingerprint density at radius 3 is 1.88 bits per heavy atom. The van der Waals surface area contributed by atoms with Crippen LogP contribution in [-0.2, 0) is 0 Å². The standard InChI is InChI=1S/C35H21N5/c1-2-12-22(13-3-1)32-36-28-19-9-6-17-26(28)34(37-32)40-30-21-11-8-18-27(30)31-35(40)38-33-25-16-5-4-14-23(25)24-15-7-10-20-29(24)39(31)33/h1-21H. The normalized spacial score (nSPS) is 12.0. The zero-order chi connectivity index (χ0) is 26.2. The zero-order valence-electron chi connectivity index (χ0n) is 21.4. The monoisotopic (exact) mass is 511 g/mol. The Balaban J connectivity index is 1.52. The molecule has 0 spiro atoms. The SMILES string of the molecule is c1ccc(-c2nc(-n3c4ccccc4c4c3nc3c5ccccc5c5ccccc5n34)c3ccccc3n2)cc1. The highest BCUT2D eigenvalue weighted by atomic mass is 15.2. The van der Waals surface area contributed by atoms with E-state index in [2.05, 4.69) is 106 Å². The third kappa shape index (κ3) is 2.83. The number of rotatable bonds is 2. The number of nitrogens with zero attached hydrogens (tertiary/aromatic N) is 5. The zero-order valence-corrected chi connectivity index (χ0v) is 21.4. The van der Waals surface area contributed by atoms with Crippen molar-refractivity contribution in [2.75, 3.05) is 0 Å². The molecular formula is C35H21N5. The van der Waals surface area contributed by atoms with Crippen LogP contribution in [0, 0.1) is 0 Å². The van der Waals surface area contributed by atoms with Crippen molar-refractivity contribution in [3.8, 4) is 17.2 Å². The number of pyridine rings is 1. The highest BCUT2D eigenvalue weighted by Gasteiger charge is 2.23. The Labute approximate surface area is 228 Å². The molecule has 4 heterocycles. The molecule has 9 aromatic rings. The van der Waals surface area contributed by atoms with E-state index in [1.165, 1.54) is 10.8 Å². The van der Waals surface area contributed by atoms with Gasteiger partial charge in [-0.15, -0.1) is 0 Å². The fourth-order valence-electron chi connectivity index (χ4n) is 6.17. The maximum absolute atomic E-state index is 5.38. The first-order valence-corrected chi connectivity index (χ1v) is 13.4. The number of benzene rings is 5. The third-order valence-corrected chi connectivity index (χ3v) is 7.90. The molecule has 0 N–H and O–H groups in total. The van der Waals surface area contributed by atoms with Gasteiger partial charge in [0.05, 0.1) is 16.6 Å². The summed E-state index contributed by atoms with van der Waals surface area (Å²) in [7, 11) is 0. The van der Waals surface area contributed by atoms with Crippen molar-refractivity contribution in [1.29, 1.82) is 0 Å². The van der Waals surface area contributed by atoms with Crippen molar-refractivity contribution in [1.82, 2.24) is 23.9 Å². The summed E-state index contributed by atoms with van der Waals surface area (Å²) >= 11 is 0. The number of hydrogen-bond donors (Lipinski definition) is 0. The number of hydrogen-bond acceptors (Lipinski definition) is 3. The molecule has 5 aromatic carbocycles. The lowest BCUT2D eigenvalue weighted by molar-refractivity contribution is 1.06. The molecule has 0 aliphatic heterocycles. The third-order valence-electron chi connectivity index (χ3n) is 7.90. The van der Waals surface area contributed by atoms with E-state index >= 15 is 0 Å². The van der Waals surface area contributed by atoms with E-state index in [0.717, 1.165) is 60.9 Å². The molecule has 0 saturated heterocycles. The van der Waals surface area contributed by atoms with Gasteiger partial charge in [-0.3, -0.25) is 8.97 Å². The topological polar surface area (TPSA) is 48.0 Å². The molecule has 0 atom stereocenters. The summed E-state index contributed by atoms with van der Waals surface area (Å²) in [5, 5.41) is 5.66. The van der Waals surface area contributed by atoms with Crippen LogP contribution in [0.15, 0.2) is 127 Å². The van der Waals surface area contributed by atoms with Crippen LogP contribution < -0.4 is 0 Å². The van der Waals surface area contributed by atoms with Crippen LogP contribution >= 0.6 is 0 Å². The summed E-state index contributed by atoms with van der Waals surface area (Å²) in [5.41, 5.74) is 6.99. The van der Waals surface area contributed by atoms with Crippen molar-refractivity contribution in [3.05, 3.63) is 127 Å². The largest absolute Gasteiger partial charge is 0.289 e. The van der Waals surface area contributed by atoms with Gasteiger partial charge in [-0.1, -0.05) is 103 Å². The molecule has 0 saturated carbocycles. The van der Waals surface area contributed by atoms with E-state index in [1.807, 2.05) is 30.3 Å². The number of imidazole rings is 1. The molecular weight excluding hydrogens is 490 g/mol. The Hall–Kier alpha value is -5.55. The van der Waals surface area contributed by atoms with Crippen LogP contribution in [0.5, 0.6) is 0 Å². The van der Waals surface area contributed by atoms with Crippen molar-refractivity contribution >= 4 is 60.3 Å². The molecule has 5 nitrogen and oxygen atoms in total. The van der Waals surface area contributed by atoms with Crippen molar-refractivity contribution < 1.29 is 0 Å². The van der Waals surface area contributed by atoms with Gasteiger partial charge in [-0.05, 0) is 29.7 Å². The van der Waals surface area contributed by atoms with Gasteiger partial charge in [0.1, 0.15) is 11.2 Å². The van der Waals surface area contributed by atoms with Gasteiger partial charge in [0.25, 0.3) is 0 Å². The molecule has 0 bridgehead atoms. The summed E-state index contributed by atoms with van der Waals surface area (Å²) in [6, 6.07) is 44.1. The van der Waals surface area contributed by atoms with Gasteiger partial charge in [0.15, 0.2) is 17.3 Å². The Morgan fingerprint density at radius 1 is 0.425 bits per heavy atom. The highest BCUT2D eigenvalue weighted by molar-refractivity contribution is 6.17. The second-order valence-electron chi connectivity index (χ2n) is 10.1. The molecule has 0 radical (unpaired) electrons. The molecule has 0 fully saturated rings. The fourth-order valence-corrected chi connectivity index (χ4v) is 6.17. The van der Waals surface area contributed by atoms with Gasteiger partial charge in [-0.25, -0.2) is 15.0 Å². The van der Waals surface area contributed by atoms with Crippen molar-refractivity contribution in [2.24, 2.45) is 0 Å². The lowest BCUT2D eigenvalue weighted by atomic mass is 10.1. The smallest absolute Gasteiger partial charge is 0.166 e.